The van der Waals surface area contributed by atoms with Crippen LogP contribution in [0.1, 0.15) is 18.6 Å². The van der Waals surface area contributed by atoms with Crippen molar-refractivity contribution in [1.29, 1.82) is 0 Å². The van der Waals surface area contributed by atoms with Gasteiger partial charge < -0.3 is 15.2 Å². The first-order valence-corrected chi connectivity index (χ1v) is 5.87. The van der Waals surface area contributed by atoms with Crippen molar-refractivity contribution in [2.24, 2.45) is 5.92 Å². The summed E-state index contributed by atoms with van der Waals surface area (Å²) in [5, 5.41) is 12.7. The topological polar surface area (TPSA) is 41.5 Å². The van der Waals surface area contributed by atoms with Gasteiger partial charge in [0.15, 0.2) is 0 Å². The number of methoxy groups -OCH3 is 1. The zero-order valence-corrected chi connectivity index (χ0v) is 10.6. The minimum Gasteiger partial charge on any atom is -0.387 e. The Morgan fingerprint density at radius 3 is 2.44 bits per heavy atom. The van der Waals surface area contributed by atoms with Crippen molar-refractivity contribution < 1.29 is 18.6 Å². The molecule has 0 amide bonds. The number of aliphatic hydroxyl groups is 1. The van der Waals surface area contributed by atoms with Crippen molar-refractivity contribution in [3.8, 4) is 0 Å². The highest BCUT2D eigenvalue weighted by molar-refractivity contribution is 5.22. The molecule has 0 saturated carbocycles. The van der Waals surface area contributed by atoms with Crippen LogP contribution in [0, 0.1) is 17.6 Å². The Morgan fingerprint density at radius 2 is 1.89 bits per heavy atom. The number of hydrogen-bond acceptors (Lipinski definition) is 3. The van der Waals surface area contributed by atoms with E-state index in [0.29, 0.717) is 13.2 Å². The van der Waals surface area contributed by atoms with E-state index in [0.717, 1.165) is 12.1 Å². The fourth-order valence-electron chi connectivity index (χ4n) is 1.74. The molecule has 18 heavy (non-hydrogen) atoms. The summed E-state index contributed by atoms with van der Waals surface area (Å²) in [6, 6.07) is 3.54. The normalized spacial score (nSPS) is 14.5. The van der Waals surface area contributed by atoms with Crippen LogP contribution in [0.25, 0.3) is 0 Å². The number of aliphatic hydroxyl groups excluding tert-OH is 1. The van der Waals surface area contributed by atoms with Crippen LogP contribution < -0.4 is 5.32 Å². The summed E-state index contributed by atoms with van der Waals surface area (Å²) in [6.45, 7) is 3.29. The molecule has 0 aromatic heterocycles. The van der Waals surface area contributed by atoms with E-state index in [-0.39, 0.29) is 18.0 Å². The maximum Gasteiger partial charge on any atom is 0.131 e. The lowest BCUT2D eigenvalue weighted by molar-refractivity contribution is 0.144. The Labute approximate surface area is 106 Å². The first-order chi connectivity index (χ1) is 8.56. The molecule has 0 spiro atoms. The summed E-state index contributed by atoms with van der Waals surface area (Å²) in [4.78, 5) is 0. The molecule has 2 N–H and O–H groups in total. The van der Waals surface area contributed by atoms with Gasteiger partial charge in [0, 0.05) is 26.8 Å². The van der Waals surface area contributed by atoms with Gasteiger partial charge in [-0.25, -0.2) is 8.78 Å². The third-order valence-electron chi connectivity index (χ3n) is 2.61. The number of nitrogens with one attached hydrogen (secondary N) is 1. The Morgan fingerprint density at radius 1 is 1.28 bits per heavy atom. The third-order valence-corrected chi connectivity index (χ3v) is 2.61. The fraction of sp³-hybridized carbons (Fsp3) is 0.538. The van der Waals surface area contributed by atoms with Crippen LogP contribution >= 0.6 is 0 Å². The molecular weight excluding hydrogens is 240 g/mol. The van der Waals surface area contributed by atoms with Crippen molar-refractivity contribution in [3.05, 3.63) is 35.4 Å². The predicted molar refractivity (Wildman–Crippen MR) is 65.2 cm³/mol. The van der Waals surface area contributed by atoms with E-state index in [9.17, 15) is 13.9 Å². The van der Waals surface area contributed by atoms with Gasteiger partial charge in [-0.1, -0.05) is 13.0 Å². The number of halogens is 2. The minimum absolute atomic E-state index is 0.103. The Bertz CT molecular complexity index is 354. The van der Waals surface area contributed by atoms with Crippen molar-refractivity contribution in [3.63, 3.8) is 0 Å². The standard InChI is InChI=1S/C13H19F2NO2/c1-9(8-18-2)6-16-7-12(17)13-10(14)4-3-5-11(13)15/h3-5,9,12,16-17H,6-8H2,1-2H3. The first-order valence-electron chi connectivity index (χ1n) is 5.87. The van der Waals surface area contributed by atoms with Crippen molar-refractivity contribution >= 4 is 0 Å². The summed E-state index contributed by atoms with van der Waals surface area (Å²) in [6.07, 6.45) is -1.19. The van der Waals surface area contributed by atoms with Gasteiger partial charge >= 0.3 is 0 Å². The zero-order valence-electron chi connectivity index (χ0n) is 10.6. The average Bonchev–Trinajstić information content (AvgIpc) is 2.29. The molecular formula is C13H19F2NO2. The van der Waals surface area contributed by atoms with Crippen LogP contribution in [0.5, 0.6) is 0 Å². The molecule has 0 bridgehead atoms. The summed E-state index contributed by atoms with van der Waals surface area (Å²) >= 11 is 0. The average molecular weight is 259 g/mol. The van der Waals surface area contributed by atoms with E-state index in [1.54, 1.807) is 7.11 Å². The second-order valence-corrected chi connectivity index (χ2v) is 4.37. The predicted octanol–water partition coefficient (Wildman–Crippen LogP) is 1.87. The van der Waals surface area contributed by atoms with Gasteiger partial charge in [0.25, 0.3) is 0 Å². The smallest absolute Gasteiger partial charge is 0.131 e. The largest absolute Gasteiger partial charge is 0.387 e. The van der Waals surface area contributed by atoms with Crippen LogP contribution in [0.15, 0.2) is 18.2 Å². The molecule has 1 aromatic rings. The maximum atomic E-state index is 13.4. The van der Waals surface area contributed by atoms with E-state index in [2.05, 4.69) is 5.32 Å². The third kappa shape index (κ3) is 4.33. The van der Waals surface area contributed by atoms with Gasteiger partial charge in [-0.2, -0.15) is 0 Å². The molecule has 0 aliphatic rings. The first kappa shape index (κ1) is 15.0. The van der Waals surface area contributed by atoms with Gasteiger partial charge in [0.05, 0.1) is 11.7 Å². The van der Waals surface area contributed by atoms with Crippen LogP contribution in [0.3, 0.4) is 0 Å². The van der Waals surface area contributed by atoms with Crippen molar-refractivity contribution in [2.45, 2.75) is 13.0 Å². The van der Waals surface area contributed by atoms with Crippen LogP contribution in [-0.4, -0.2) is 31.9 Å². The summed E-state index contributed by atoms with van der Waals surface area (Å²) in [5.74, 6) is -1.18. The molecule has 1 aromatic carbocycles. The summed E-state index contributed by atoms with van der Waals surface area (Å²) < 4.78 is 31.7. The van der Waals surface area contributed by atoms with E-state index < -0.39 is 17.7 Å². The SMILES string of the molecule is COCC(C)CNCC(O)c1c(F)cccc1F. The molecule has 0 saturated heterocycles. The summed E-state index contributed by atoms with van der Waals surface area (Å²) in [7, 11) is 1.61. The second kappa shape index (κ2) is 7.41. The van der Waals surface area contributed by atoms with E-state index in [4.69, 9.17) is 4.74 Å². The second-order valence-electron chi connectivity index (χ2n) is 4.37. The number of ether oxygens (including phenoxy) is 1. The molecule has 0 heterocycles. The quantitative estimate of drug-likeness (QED) is 0.785. The Kier molecular flexibility index (Phi) is 6.18. The van der Waals surface area contributed by atoms with E-state index >= 15 is 0 Å². The number of hydrogen-bond donors (Lipinski definition) is 2. The summed E-state index contributed by atoms with van der Waals surface area (Å²) in [5.41, 5.74) is -0.288. The van der Waals surface area contributed by atoms with Gasteiger partial charge in [-0.3, -0.25) is 0 Å². The highest BCUT2D eigenvalue weighted by atomic mass is 19.1. The lowest BCUT2D eigenvalue weighted by atomic mass is 10.1. The molecule has 3 nitrogen and oxygen atoms in total. The van der Waals surface area contributed by atoms with Crippen LogP contribution in [-0.2, 0) is 4.74 Å². The molecule has 0 fully saturated rings. The Balaban J connectivity index is 2.48. The van der Waals surface area contributed by atoms with Crippen molar-refractivity contribution in [1.82, 2.24) is 5.32 Å². The highest BCUT2D eigenvalue weighted by Gasteiger charge is 2.17. The van der Waals surface area contributed by atoms with Crippen LogP contribution in [0.2, 0.25) is 0 Å². The molecule has 0 aliphatic carbocycles. The Hall–Kier alpha value is -1.04. The van der Waals surface area contributed by atoms with Gasteiger partial charge in [0.1, 0.15) is 11.6 Å². The van der Waals surface area contributed by atoms with Gasteiger partial charge in [-0.05, 0) is 18.1 Å². The maximum absolute atomic E-state index is 13.4. The molecule has 0 radical (unpaired) electrons. The molecule has 2 atom stereocenters. The van der Waals surface area contributed by atoms with Gasteiger partial charge in [-0.15, -0.1) is 0 Å². The van der Waals surface area contributed by atoms with Gasteiger partial charge in [0.2, 0.25) is 0 Å². The number of rotatable bonds is 7. The molecule has 102 valence electrons. The van der Waals surface area contributed by atoms with E-state index in [1.807, 2.05) is 6.92 Å². The monoisotopic (exact) mass is 259 g/mol. The van der Waals surface area contributed by atoms with Crippen molar-refractivity contribution in [2.75, 3.05) is 26.8 Å². The molecule has 2 unspecified atom stereocenters. The van der Waals surface area contributed by atoms with E-state index in [1.165, 1.54) is 6.07 Å². The van der Waals surface area contributed by atoms with Crippen LogP contribution in [0.4, 0.5) is 8.78 Å². The minimum atomic E-state index is -1.19. The lowest BCUT2D eigenvalue weighted by Crippen LogP contribution is -2.28. The highest BCUT2D eigenvalue weighted by Crippen LogP contribution is 2.19. The molecule has 0 aliphatic heterocycles. The molecule has 1 rings (SSSR count). The fourth-order valence-corrected chi connectivity index (χ4v) is 1.74. The zero-order chi connectivity index (χ0) is 13.5. The molecule has 5 heteroatoms. The lowest BCUT2D eigenvalue weighted by Gasteiger charge is -2.16. The number of benzene rings is 1.